The lowest BCUT2D eigenvalue weighted by Gasteiger charge is -1.96. The molecule has 2 N–H and O–H groups in total. The van der Waals surface area contributed by atoms with E-state index in [1.165, 1.54) is 29.2 Å². The molecule has 8 heteroatoms. The molecule has 21 heavy (non-hydrogen) atoms. The van der Waals surface area contributed by atoms with Crippen molar-refractivity contribution in [3.05, 3.63) is 45.3 Å². The van der Waals surface area contributed by atoms with E-state index in [1.54, 1.807) is 6.92 Å². The third-order valence-electron chi connectivity index (χ3n) is 2.86. The standard InChI is InChI=1S/C13H11N3O3S2/c1-7(17)11-6-10(16(18)19)12(20-11)21-13-14-8-4-2-3-5-9(8)15-13/h2-7,17H,1H3,(H,14,15). The summed E-state index contributed by atoms with van der Waals surface area (Å²) in [5.41, 5.74) is 1.70. The van der Waals surface area contributed by atoms with Gasteiger partial charge in [-0.05, 0) is 30.8 Å². The Morgan fingerprint density at radius 3 is 2.90 bits per heavy atom. The minimum Gasteiger partial charge on any atom is -0.388 e. The van der Waals surface area contributed by atoms with Gasteiger partial charge in [-0.25, -0.2) is 4.98 Å². The zero-order valence-electron chi connectivity index (χ0n) is 10.9. The predicted octanol–water partition coefficient (Wildman–Crippen LogP) is 3.74. The first kappa shape index (κ1) is 14.1. The third-order valence-corrected chi connectivity index (χ3v) is 5.23. The van der Waals surface area contributed by atoms with Crippen LogP contribution in [0.1, 0.15) is 17.9 Å². The maximum atomic E-state index is 11.1. The van der Waals surface area contributed by atoms with Crippen LogP contribution in [0.3, 0.4) is 0 Å². The van der Waals surface area contributed by atoms with Gasteiger partial charge in [-0.2, -0.15) is 0 Å². The van der Waals surface area contributed by atoms with Crippen molar-refractivity contribution in [1.82, 2.24) is 9.97 Å². The summed E-state index contributed by atoms with van der Waals surface area (Å²) in [6.45, 7) is 1.59. The van der Waals surface area contributed by atoms with E-state index in [2.05, 4.69) is 9.97 Å². The van der Waals surface area contributed by atoms with Crippen molar-refractivity contribution in [2.24, 2.45) is 0 Å². The second-order valence-electron chi connectivity index (χ2n) is 4.42. The zero-order chi connectivity index (χ0) is 15.0. The molecular weight excluding hydrogens is 310 g/mol. The number of hydrogen-bond donors (Lipinski definition) is 2. The summed E-state index contributed by atoms with van der Waals surface area (Å²) >= 11 is 2.42. The van der Waals surface area contributed by atoms with Gasteiger partial charge in [0.05, 0.1) is 22.1 Å². The molecule has 6 nitrogen and oxygen atoms in total. The number of nitrogens with zero attached hydrogens (tertiary/aromatic N) is 2. The van der Waals surface area contributed by atoms with E-state index < -0.39 is 11.0 Å². The predicted molar refractivity (Wildman–Crippen MR) is 81.8 cm³/mol. The van der Waals surface area contributed by atoms with Crippen molar-refractivity contribution in [1.29, 1.82) is 0 Å². The lowest BCUT2D eigenvalue weighted by molar-refractivity contribution is -0.387. The molecule has 0 spiro atoms. The minimum absolute atomic E-state index is 0.00126. The number of aliphatic hydroxyl groups is 1. The summed E-state index contributed by atoms with van der Waals surface area (Å²) in [7, 11) is 0. The number of benzene rings is 1. The zero-order valence-corrected chi connectivity index (χ0v) is 12.6. The van der Waals surface area contributed by atoms with Crippen LogP contribution in [0.15, 0.2) is 39.7 Å². The van der Waals surface area contributed by atoms with Crippen LogP contribution < -0.4 is 0 Å². The number of nitro groups is 1. The van der Waals surface area contributed by atoms with E-state index >= 15 is 0 Å². The van der Waals surface area contributed by atoms with Crippen molar-refractivity contribution in [2.45, 2.75) is 22.4 Å². The quantitative estimate of drug-likeness (QED) is 0.564. The summed E-state index contributed by atoms with van der Waals surface area (Å²) in [6.07, 6.45) is -0.723. The van der Waals surface area contributed by atoms with Crippen molar-refractivity contribution in [3.63, 3.8) is 0 Å². The van der Waals surface area contributed by atoms with Crippen LogP contribution in [0, 0.1) is 10.1 Å². The van der Waals surface area contributed by atoms with Gasteiger partial charge in [0, 0.05) is 10.9 Å². The lowest BCUT2D eigenvalue weighted by Crippen LogP contribution is -1.87. The second-order valence-corrected chi connectivity index (χ2v) is 6.76. The molecule has 2 aromatic heterocycles. The Hall–Kier alpha value is -1.90. The number of rotatable bonds is 4. The van der Waals surface area contributed by atoms with Crippen LogP contribution in [0.4, 0.5) is 5.69 Å². The highest BCUT2D eigenvalue weighted by atomic mass is 32.2. The molecule has 0 aliphatic carbocycles. The number of fused-ring (bicyclic) bond motifs is 1. The molecular formula is C13H11N3O3S2. The lowest BCUT2D eigenvalue weighted by atomic mass is 10.3. The van der Waals surface area contributed by atoms with Crippen molar-refractivity contribution < 1.29 is 10.0 Å². The molecule has 1 aromatic carbocycles. The van der Waals surface area contributed by atoms with Crippen LogP contribution in [0.25, 0.3) is 11.0 Å². The van der Waals surface area contributed by atoms with Gasteiger partial charge in [-0.3, -0.25) is 10.1 Å². The molecule has 0 aliphatic heterocycles. The number of aromatic amines is 1. The minimum atomic E-state index is -0.723. The molecule has 0 radical (unpaired) electrons. The van der Waals surface area contributed by atoms with Gasteiger partial charge in [0.15, 0.2) is 5.16 Å². The molecule has 108 valence electrons. The van der Waals surface area contributed by atoms with E-state index in [4.69, 9.17) is 0 Å². The highest BCUT2D eigenvalue weighted by Gasteiger charge is 2.22. The first-order chi connectivity index (χ1) is 10.0. The number of thiophene rings is 1. The summed E-state index contributed by atoms with van der Waals surface area (Å²) in [5.74, 6) is 0. The molecule has 1 atom stereocenters. The summed E-state index contributed by atoms with van der Waals surface area (Å²) in [5, 5.41) is 21.3. The highest BCUT2D eigenvalue weighted by molar-refractivity contribution is 8.01. The number of para-hydroxylation sites is 2. The van der Waals surface area contributed by atoms with Crippen LogP contribution in [0.5, 0.6) is 0 Å². The third kappa shape index (κ3) is 2.78. The van der Waals surface area contributed by atoms with E-state index in [1.807, 2.05) is 24.3 Å². The van der Waals surface area contributed by atoms with Crippen molar-refractivity contribution in [3.8, 4) is 0 Å². The largest absolute Gasteiger partial charge is 0.388 e. The van der Waals surface area contributed by atoms with Crippen LogP contribution in [-0.4, -0.2) is 20.0 Å². The van der Waals surface area contributed by atoms with E-state index in [0.717, 1.165) is 11.0 Å². The Balaban J connectivity index is 1.98. The molecule has 0 fully saturated rings. The number of aliphatic hydroxyl groups excluding tert-OH is 1. The second kappa shape index (κ2) is 5.47. The normalized spacial score (nSPS) is 12.7. The average molecular weight is 321 g/mol. The Morgan fingerprint density at radius 1 is 1.48 bits per heavy atom. The highest BCUT2D eigenvalue weighted by Crippen LogP contribution is 2.42. The van der Waals surface area contributed by atoms with Gasteiger partial charge in [0.1, 0.15) is 4.21 Å². The number of nitrogens with one attached hydrogen (secondary N) is 1. The maximum absolute atomic E-state index is 11.1. The number of H-pyrrole nitrogens is 1. The van der Waals surface area contributed by atoms with Crippen LogP contribution in [0.2, 0.25) is 0 Å². The maximum Gasteiger partial charge on any atom is 0.294 e. The molecule has 0 amide bonds. The molecule has 0 bridgehead atoms. The first-order valence-corrected chi connectivity index (χ1v) is 7.76. The van der Waals surface area contributed by atoms with Gasteiger partial charge in [-0.1, -0.05) is 12.1 Å². The van der Waals surface area contributed by atoms with E-state index in [9.17, 15) is 15.2 Å². The molecule has 2 heterocycles. The number of aromatic nitrogens is 2. The summed E-state index contributed by atoms with van der Waals surface area (Å²) in [6, 6.07) is 8.97. The molecule has 1 unspecified atom stereocenters. The Morgan fingerprint density at radius 2 is 2.24 bits per heavy atom. The smallest absolute Gasteiger partial charge is 0.294 e. The number of hydrogen-bond acceptors (Lipinski definition) is 6. The first-order valence-electron chi connectivity index (χ1n) is 6.13. The van der Waals surface area contributed by atoms with Gasteiger partial charge in [0.2, 0.25) is 0 Å². The summed E-state index contributed by atoms with van der Waals surface area (Å²) < 4.78 is 0.509. The average Bonchev–Trinajstić information content (AvgIpc) is 3.02. The number of imidazole rings is 1. The molecule has 3 rings (SSSR count). The topological polar surface area (TPSA) is 92.1 Å². The Kier molecular flexibility index (Phi) is 3.66. The Labute approximate surface area is 128 Å². The van der Waals surface area contributed by atoms with Crippen molar-refractivity contribution >= 4 is 39.8 Å². The van der Waals surface area contributed by atoms with Crippen molar-refractivity contribution in [2.75, 3.05) is 0 Å². The summed E-state index contributed by atoms with van der Waals surface area (Å²) in [4.78, 5) is 18.8. The molecule has 3 aromatic rings. The van der Waals surface area contributed by atoms with Gasteiger partial charge >= 0.3 is 0 Å². The van der Waals surface area contributed by atoms with Crippen LogP contribution >= 0.6 is 23.1 Å². The fraction of sp³-hybridized carbons (Fsp3) is 0.154. The fourth-order valence-electron chi connectivity index (χ4n) is 1.85. The van der Waals surface area contributed by atoms with Gasteiger partial charge in [-0.15, -0.1) is 11.3 Å². The van der Waals surface area contributed by atoms with Crippen LogP contribution in [-0.2, 0) is 0 Å². The van der Waals surface area contributed by atoms with E-state index in [-0.39, 0.29) is 5.69 Å². The SMILES string of the molecule is CC(O)c1cc([N+](=O)[O-])c(Sc2nc3ccccc3[nH]2)s1. The molecule has 0 aliphatic rings. The van der Waals surface area contributed by atoms with Gasteiger partial charge < -0.3 is 10.1 Å². The molecule has 0 saturated heterocycles. The van der Waals surface area contributed by atoms with Gasteiger partial charge in [0.25, 0.3) is 5.69 Å². The Bertz CT molecular complexity index is 777. The monoisotopic (exact) mass is 321 g/mol. The van der Waals surface area contributed by atoms with E-state index in [0.29, 0.717) is 14.2 Å². The fourth-order valence-corrected chi connectivity index (χ4v) is 4.06. The molecule has 0 saturated carbocycles.